The molecule has 1 aromatic carbocycles. The zero-order valence-corrected chi connectivity index (χ0v) is 11.1. The molecule has 2 heterocycles. The van der Waals surface area contributed by atoms with Crippen molar-refractivity contribution in [2.75, 3.05) is 5.73 Å². The van der Waals surface area contributed by atoms with Crippen LogP contribution in [0.2, 0.25) is 0 Å². The number of benzene rings is 1. The van der Waals surface area contributed by atoms with Crippen LogP contribution in [0.1, 0.15) is 18.9 Å². The van der Waals surface area contributed by atoms with Gasteiger partial charge in [0.2, 0.25) is 5.16 Å². The van der Waals surface area contributed by atoms with E-state index >= 15 is 0 Å². The summed E-state index contributed by atoms with van der Waals surface area (Å²) in [6.07, 6.45) is 2.20. The number of aromatic amines is 1. The van der Waals surface area contributed by atoms with Crippen LogP contribution in [0.5, 0.6) is 0 Å². The molecule has 102 valence electrons. The second kappa shape index (κ2) is 4.10. The van der Waals surface area contributed by atoms with E-state index in [1.807, 2.05) is 4.68 Å². The molecule has 1 fully saturated rings. The van der Waals surface area contributed by atoms with Gasteiger partial charge in [-0.25, -0.2) is 9.48 Å². The van der Waals surface area contributed by atoms with Gasteiger partial charge < -0.3 is 10.2 Å². The lowest BCUT2D eigenvalue weighted by Gasteiger charge is -2.05. The summed E-state index contributed by atoms with van der Waals surface area (Å²) < 4.78 is 6.78. The first kappa shape index (κ1) is 11.5. The number of fused-ring (bicyclic) bond motifs is 1. The summed E-state index contributed by atoms with van der Waals surface area (Å²) in [5, 5.41) is 12.4. The maximum Gasteiger partial charge on any atom is 0.417 e. The molecule has 4 rings (SSSR count). The number of rotatable bonds is 3. The molecule has 0 atom stereocenters. The first-order valence-corrected chi connectivity index (χ1v) is 6.90. The molecule has 0 amide bonds. The third-order valence-electron chi connectivity index (χ3n) is 3.11. The number of aromatic nitrogens is 5. The number of anilines is 1. The van der Waals surface area contributed by atoms with Gasteiger partial charge >= 0.3 is 5.76 Å². The molecule has 3 aromatic rings. The molecule has 20 heavy (non-hydrogen) atoms. The number of nitrogens with two attached hydrogens (primary N) is 1. The fraction of sp³-hybridized carbons (Fsp3) is 0.273. The van der Waals surface area contributed by atoms with Crippen LogP contribution in [0.15, 0.2) is 31.4 Å². The Balaban J connectivity index is 1.75. The molecular formula is C11H10N6O2S. The van der Waals surface area contributed by atoms with Gasteiger partial charge in [0.25, 0.3) is 0 Å². The van der Waals surface area contributed by atoms with Gasteiger partial charge in [-0.2, -0.15) is 0 Å². The summed E-state index contributed by atoms with van der Waals surface area (Å²) in [5.41, 5.74) is 7.56. The molecule has 1 aliphatic carbocycles. The molecule has 3 N–H and O–H groups in total. The average Bonchev–Trinajstić information content (AvgIpc) is 3.04. The average molecular weight is 290 g/mol. The van der Waals surface area contributed by atoms with Crippen LogP contribution in [0.25, 0.3) is 11.1 Å². The van der Waals surface area contributed by atoms with Gasteiger partial charge in [0.1, 0.15) is 0 Å². The second-order valence-electron chi connectivity index (χ2n) is 4.64. The van der Waals surface area contributed by atoms with Crippen molar-refractivity contribution >= 4 is 28.5 Å². The first-order valence-electron chi connectivity index (χ1n) is 6.09. The van der Waals surface area contributed by atoms with E-state index in [1.54, 1.807) is 12.1 Å². The summed E-state index contributed by atoms with van der Waals surface area (Å²) in [7, 11) is 0. The lowest BCUT2D eigenvalue weighted by Crippen LogP contribution is -1.99. The van der Waals surface area contributed by atoms with E-state index in [2.05, 4.69) is 20.5 Å². The maximum absolute atomic E-state index is 11.2. The van der Waals surface area contributed by atoms with E-state index in [0.29, 0.717) is 28.0 Å². The Morgan fingerprint density at radius 3 is 3.10 bits per heavy atom. The summed E-state index contributed by atoms with van der Waals surface area (Å²) in [6.45, 7) is 0. The summed E-state index contributed by atoms with van der Waals surface area (Å²) in [4.78, 5) is 14.6. The number of tetrazole rings is 1. The normalized spacial score (nSPS) is 15.0. The van der Waals surface area contributed by atoms with E-state index in [9.17, 15) is 4.79 Å². The van der Waals surface area contributed by atoms with Crippen LogP contribution in [0, 0.1) is 0 Å². The number of hydrogen-bond acceptors (Lipinski definition) is 7. The van der Waals surface area contributed by atoms with E-state index in [0.717, 1.165) is 17.7 Å². The molecule has 0 saturated heterocycles. The highest BCUT2D eigenvalue weighted by Gasteiger charge is 2.28. The van der Waals surface area contributed by atoms with Crippen molar-refractivity contribution in [3.63, 3.8) is 0 Å². The number of H-pyrrole nitrogens is 1. The van der Waals surface area contributed by atoms with Crippen LogP contribution < -0.4 is 11.5 Å². The third-order valence-corrected chi connectivity index (χ3v) is 4.13. The van der Waals surface area contributed by atoms with Crippen LogP contribution in [0.4, 0.5) is 5.69 Å². The van der Waals surface area contributed by atoms with E-state index in [4.69, 9.17) is 10.2 Å². The SMILES string of the molecule is Nc1cc2oc(=O)[nH]c2cc1Sc1nnnn1C1CC1. The molecule has 1 aliphatic rings. The van der Waals surface area contributed by atoms with Crippen molar-refractivity contribution in [1.29, 1.82) is 0 Å². The predicted octanol–water partition coefficient (Wildman–Crippen LogP) is 1.18. The zero-order valence-electron chi connectivity index (χ0n) is 10.2. The number of hydrogen-bond donors (Lipinski definition) is 2. The lowest BCUT2D eigenvalue weighted by molar-refractivity contribution is 0.555. The lowest BCUT2D eigenvalue weighted by atomic mass is 10.3. The number of oxazole rings is 1. The molecule has 0 radical (unpaired) electrons. The smallest absolute Gasteiger partial charge is 0.408 e. The molecule has 0 aliphatic heterocycles. The Hall–Kier alpha value is -2.29. The number of nitrogens with one attached hydrogen (secondary N) is 1. The van der Waals surface area contributed by atoms with Gasteiger partial charge in [-0.3, -0.25) is 4.98 Å². The van der Waals surface area contributed by atoms with Crippen LogP contribution in [-0.2, 0) is 0 Å². The zero-order chi connectivity index (χ0) is 13.7. The van der Waals surface area contributed by atoms with Crippen molar-refractivity contribution in [3.05, 3.63) is 22.7 Å². The van der Waals surface area contributed by atoms with E-state index < -0.39 is 5.76 Å². The largest absolute Gasteiger partial charge is 0.417 e. The maximum atomic E-state index is 11.2. The molecule has 1 saturated carbocycles. The molecule has 2 aromatic heterocycles. The third kappa shape index (κ3) is 1.86. The highest BCUT2D eigenvalue weighted by Crippen LogP contribution is 2.39. The van der Waals surface area contributed by atoms with Crippen LogP contribution in [0.3, 0.4) is 0 Å². The second-order valence-corrected chi connectivity index (χ2v) is 5.65. The van der Waals surface area contributed by atoms with Gasteiger partial charge in [0.15, 0.2) is 5.58 Å². The Bertz CT molecular complexity index is 846. The minimum atomic E-state index is -0.496. The van der Waals surface area contributed by atoms with Crippen molar-refractivity contribution in [3.8, 4) is 0 Å². The molecular weight excluding hydrogens is 280 g/mol. The quantitative estimate of drug-likeness (QED) is 0.695. The van der Waals surface area contributed by atoms with Crippen LogP contribution >= 0.6 is 11.8 Å². The predicted molar refractivity (Wildman–Crippen MR) is 71.5 cm³/mol. The highest BCUT2D eigenvalue weighted by atomic mass is 32.2. The first-order chi connectivity index (χ1) is 9.70. The number of nitrogens with zero attached hydrogens (tertiary/aromatic N) is 4. The molecule has 0 spiro atoms. The van der Waals surface area contributed by atoms with Gasteiger partial charge in [0.05, 0.1) is 11.6 Å². The van der Waals surface area contributed by atoms with Gasteiger partial charge in [-0.15, -0.1) is 5.10 Å². The Morgan fingerprint density at radius 1 is 1.45 bits per heavy atom. The van der Waals surface area contributed by atoms with Crippen molar-refractivity contribution in [2.45, 2.75) is 28.9 Å². The summed E-state index contributed by atoms with van der Waals surface area (Å²) in [5.74, 6) is -0.496. The molecule has 0 unspecified atom stereocenters. The Kier molecular flexibility index (Phi) is 2.36. The van der Waals surface area contributed by atoms with Gasteiger partial charge in [0, 0.05) is 16.6 Å². The van der Waals surface area contributed by atoms with E-state index in [1.165, 1.54) is 11.8 Å². The van der Waals surface area contributed by atoms with Crippen molar-refractivity contribution < 1.29 is 4.42 Å². The number of nitrogen functional groups attached to an aromatic ring is 1. The summed E-state index contributed by atoms with van der Waals surface area (Å²) >= 11 is 1.38. The van der Waals surface area contributed by atoms with Crippen molar-refractivity contribution in [2.24, 2.45) is 0 Å². The van der Waals surface area contributed by atoms with E-state index in [-0.39, 0.29) is 0 Å². The minimum absolute atomic E-state index is 0.395. The van der Waals surface area contributed by atoms with Crippen molar-refractivity contribution in [1.82, 2.24) is 25.2 Å². The topological polar surface area (TPSA) is 116 Å². The molecule has 9 heteroatoms. The van der Waals surface area contributed by atoms with Gasteiger partial charge in [-0.1, -0.05) is 0 Å². The molecule has 0 bridgehead atoms. The monoisotopic (exact) mass is 290 g/mol. The highest BCUT2D eigenvalue weighted by molar-refractivity contribution is 7.99. The fourth-order valence-corrected chi connectivity index (χ4v) is 2.89. The van der Waals surface area contributed by atoms with Crippen LogP contribution in [-0.4, -0.2) is 25.2 Å². The molecule has 8 nitrogen and oxygen atoms in total. The fourth-order valence-electron chi connectivity index (χ4n) is 1.98. The minimum Gasteiger partial charge on any atom is -0.408 e. The van der Waals surface area contributed by atoms with Gasteiger partial charge in [-0.05, 0) is 41.1 Å². The Morgan fingerprint density at radius 2 is 2.30 bits per heavy atom. The summed E-state index contributed by atoms with van der Waals surface area (Å²) in [6, 6.07) is 3.79. The standard InChI is InChI=1S/C11H10N6O2S/c12-6-3-8-7(13-11(18)19-8)4-9(6)20-10-14-15-16-17(10)5-1-2-5/h3-5H,1-2,12H2,(H,13,18). The Labute approximate surface area is 116 Å².